The first-order valence-corrected chi connectivity index (χ1v) is 10.5. The van der Waals surface area contributed by atoms with Gasteiger partial charge < -0.3 is 14.5 Å². The van der Waals surface area contributed by atoms with Crippen LogP contribution in [0, 0.1) is 5.82 Å². The number of rotatable bonds is 7. The number of halogens is 1. The molecule has 162 valence electrons. The van der Waals surface area contributed by atoms with Crippen LogP contribution in [0.25, 0.3) is 27.7 Å². The minimum absolute atomic E-state index is 0.181. The van der Waals surface area contributed by atoms with Crippen LogP contribution in [0.3, 0.4) is 0 Å². The first-order chi connectivity index (χ1) is 15.5. The zero-order chi connectivity index (χ0) is 22.5. The highest BCUT2D eigenvalue weighted by Crippen LogP contribution is 2.37. The summed E-state index contributed by atoms with van der Waals surface area (Å²) < 4.78 is 24.9. The van der Waals surface area contributed by atoms with E-state index >= 15 is 0 Å². The van der Waals surface area contributed by atoms with Crippen molar-refractivity contribution in [1.29, 1.82) is 0 Å². The Balaban J connectivity index is 1.66. The van der Waals surface area contributed by atoms with E-state index < -0.39 is 0 Å². The van der Waals surface area contributed by atoms with Crippen LogP contribution in [0.5, 0.6) is 5.75 Å². The molecule has 0 bridgehead atoms. The minimum atomic E-state index is -0.291. The summed E-state index contributed by atoms with van der Waals surface area (Å²) in [6.07, 6.45) is 3.23. The Hall–Kier alpha value is -3.86. The van der Waals surface area contributed by atoms with Crippen molar-refractivity contribution in [1.82, 2.24) is 5.32 Å². The fraction of sp³-hybridized carbons (Fsp3) is 0.148. The second-order valence-electron chi connectivity index (χ2n) is 7.46. The highest BCUT2D eigenvalue weighted by molar-refractivity contribution is 6.00. The predicted molar refractivity (Wildman–Crippen MR) is 125 cm³/mol. The largest absolute Gasteiger partial charge is 0.493 e. The van der Waals surface area contributed by atoms with Crippen molar-refractivity contribution >= 4 is 22.4 Å². The average molecular weight is 429 g/mol. The van der Waals surface area contributed by atoms with Crippen LogP contribution in [0.15, 0.2) is 83.5 Å². The molecule has 0 spiro atoms. The van der Waals surface area contributed by atoms with Crippen LogP contribution in [0.4, 0.5) is 4.39 Å². The van der Waals surface area contributed by atoms with Gasteiger partial charge >= 0.3 is 0 Å². The SMILES string of the molecule is CCOc1cc2occ(-c3ccc(F)cc3)c2cc1/C(C)=C/C(=O)NCc1ccccc1. The summed E-state index contributed by atoms with van der Waals surface area (Å²) in [5, 5.41) is 3.78. The number of allylic oxidation sites excluding steroid dienone is 1. The quantitative estimate of drug-likeness (QED) is 0.348. The topological polar surface area (TPSA) is 51.5 Å². The van der Waals surface area contributed by atoms with Gasteiger partial charge in [-0.2, -0.15) is 0 Å². The van der Waals surface area contributed by atoms with E-state index in [-0.39, 0.29) is 11.7 Å². The molecule has 0 unspecified atom stereocenters. The third-order valence-electron chi connectivity index (χ3n) is 5.21. The van der Waals surface area contributed by atoms with Gasteiger partial charge in [-0.05, 0) is 48.7 Å². The van der Waals surface area contributed by atoms with Gasteiger partial charge in [0.15, 0.2) is 0 Å². The fourth-order valence-electron chi connectivity index (χ4n) is 3.60. The first-order valence-electron chi connectivity index (χ1n) is 10.5. The fourth-order valence-corrected chi connectivity index (χ4v) is 3.60. The molecule has 4 nitrogen and oxygen atoms in total. The van der Waals surface area contributed by atoms with Crippen LogP contribution in [0.2, 0.25) is 0 Å². The molecule has 0 aliphatic rings. The van der Waals surface area contributed by atoms with Crippen LogP contribution in [-0.2, 0) is 11.3 Å². The lowest BCUT2D eigenvalue weighted by molar-refractivity contribution is -0.116. The Morgan fingerprint density at radius 3 is 2.56 bits per heavy atom. The second kappa shape index (κ2) is 9.52. The monoisotopic (exact) mass is 429 g/mol. The zero-order valence-corrected chi connectivity index (χ0v) is 18.0. The number of nitrogens with one attached hydrogen (secondary N) is 1. The van der Waals surface area contributed by atoms with Crippen molar-refractivity contribution in [2.24, 2.45) is 0 Å². The van der Waals surface area contributed by atoms with Gasteiger partial charge in [-0.3, -0.25) is 4.79 Å². The Labute approximate surface area is 186 Å². The van der Waals surface area contributed by atoms with Crippen molar-refractivity contribution in [2.45, 2.75) is 20.4 Å². The van der Waals surface area contributed by atoms with Crippen molar-refractivity contribution in [3.63, 3.8) is 0 Å². The van der Waals surface area contributed by atoms with Gasteiger partial charge in [0.1, 0.15) is 17.1 Å². The summed E-state index contributed by atoms with van der Waals surface area (Å²) in [7, 11) is 0. The molecule has 5 heteroatoms. The lowest BCUT2D eigenvalue weighted by Crippen LogP contribution is -2.20. The molecular formula is C27H24FNO3. The molecule has 0 saturated carbocycles. The molecule has 1 amide bonds. The predicted octanol–water partition coefficient (Wildman–Crippen LogP) is 6.36. The second-order valence-corrected chi connectivity index (χ2v) is 7.46. The molecule has 1 N–H and O–H groups in total. The number of amides is 1. The lowest BCUT2D eigenvalue weighted by atomic mass is 9.99. The van der Waals surface area contributed by atoms with Gasteiger partial charge in [-0.25, -0.2) is 4.39 Å². The maximum absolute atomic E-state index is 13.4. The van der Waals surface area contributed by atoms with Crippen molar-refractivity contribution in [2.75, 3.05) is 6.61 Å². The van der Waals surface area contributed by atoms with Crippen LogP contribution in [0.1, 0.15) is 25.0 Å². The van der Waals surface area contributed by atoms with Gasteiger partial charge in [0.2, 0.25) is 5.91 Å². The van der Waals surface area contributed by atoms with Gasteiger partial charge in [0.05, 0.1) is 12.9 Å². The maximum atomic E-state index is 13.4. The lowest BCUT2D eigenvalue weighted by Gasteiger charge is -2.12. The molecule has 0 fully saturated rings. The van der Waals surface area contributed by atoms with Crippen LogP contribution < -0.4 is 10.1 Å². The third kappa shape index (κ3) is 4.72. The number of ether oxygens (including phenoxy) is 1. The normalized spacial score (nSPS) is 11.5. The van der Waals surface area contributed by atoms with E-state index in [1.807, 2.05) is 56.3 Å². The number of benzene rings is 3. The molecule has 0 aliphatic carbocycles. The van der Waals surface area contributed by atoms with Gasteiger partial charge in [-0.1, -0.05) is 42.5 Å². The molecule has 4 rings (SSSR count). The van der Waals surface area contributed by atoms with E-state index in [1.165, 1.54) is 12.1 Å². The molecule has 1 heterocycles. The van der Waals surface area contributed by atoms with E-state index in [2.05, 4.69) is 5.32 Å². The summed E-state index contributed by atoms with van der Waals surface area (Å²) in [5.41, 5.74) is 4.97. The standard InChI is InChI=1S/C27H24FNO3/c1-3-31-25-15-26-23(24(17-32-26)20-9-11-21(28)12-10-20)14-22(25)18(2)13-27(30)29-16-19-7-5-4-6-8-19/h4-15,17H,3,16H2,1-2H3,(H,29,30)/b18-13+. The summed E-state index contributed by atoms with van der Waals surface area (Å²) in [4.78, 5) is 12.5. The molecule has 0 aliphatic heterocycles. The van der Waals surface area contributed by atoms with E-state index in [9.17, 15) is 9.18 Å². The Bertz CT molecular complexity index is 1260. The van der Waals surface area contributed by atoms with Gasteiger partial charge in [-0.15, -0.1) is 0 Å². The number of carbonyl (C=O) groups is 1. The number of fused-ring (bicyclic) bond motifs is 1. The van der Waals surface area contributed by atoms with Crippen molar-refractivity contribution in [3.8, 4) is 16.9 Å². The summed E-state index contributed by atoms with van der Waals surface area (Å²) in [6.45, 7) is 4.73. The van der Waals surface area contributed by atoms with Crippen molar-refractivity contribution < 1.29 is 18.3 Å². The zero-order valence-electron chi connectivity index (χ0n) is 18.0. The van der Waals surface area contributed by atoms with Gasteiger partial charge in [0.25, 0.3) is 0 Å². The number of carbonyl (C=O) groups excluding carboxylic acids is 1. The first kappa shape index (κ1) is 21.4. The van der Waals surface area contributed by atoms with E-state index in [0.29, 0.717) is 24.5 Å². The van der Waals surface area contributed by atoms with Crippen molar-refractivity contribution in [3.05, 3.63) is 96.0 Å². The molecule has 1 aromatic heterocycles. The highest BCUT2D eigenvalue weighted by Gasteiger charge is 2.15. The Kier molecular flexibility index (Phi) is 6.36. The summed E-state index contributed by atoms with van der Waals surface area (Å²) >= 11 is 0. The van der Waals surface area contributed by atoms with E-state index in [4.69, 9.17) is 9.15 Å². The average Bonchev–Trinajstić information content (AvgIpc) is 3.21. The van der Waals surface area contributed by atoms with Crippen LogP contribution >= 0.6 is 0 Å². The maximum Gasteiger partial charge on any atom is 0.244 e. The molecule has 32 heavy (non-hydrogen) atoms. The molecule has 0 saturated heterocycles. The molecule has 3 aromatic carbocycles. The molecule has 0 radical (unpaired) electrons. The molecule has 4 aromatic rings. The number of furan rings is 1. The van der Waals surface area contributed by atoms with E-state index in [1.54, 1.807) is 24.5 Å². The van der Waals surface area contributed by atoms with Gasteiger partial charge in [0, 0.05) is 35.2 Å². The summed E-state index contributed by atoms with van der Waals surface area (Å²) in [6, 6.07) is 19.8. The molecular weight excluding hydrogens is 405 g/mol. The minimum Gasteiger partial charge on any atom is -0.493 e. The number of hydrogen-bond acceptors (Lipinski definition) is 3. The third-order valence-corrected chi connectivity index (χ3v) is 5.21. The highest BCUT2D eigenvalue weighted by atomic mass is 19.1. The Morgan fingerprint density at radius 2 is 1.84 bits per heavy atom. The molecule has 0 atom stereocenters. The Morgan fingerprint density at radius 1 is 1.09 bits per heavy atom. The smallest absolute Gasteiger partial charge is 0.244 e. The summed E-state index contributed by atoms with van der Waals surface area (Å²) in [5.74, 6) is 0.172. The van der Waals surface area contributed by atoms with Crippen LogP contribution in [-0.4, -0.2) is 12.5 Å². The van der Waals surface area contributed by atoms with E-state index in [0.717, 1.165) is 33.2 Å². The number of hydrogen-bond donors (Lipinski definition) is 1.